The smallest absolute Gasteiger partial charge is 0.247 e. The topological polar surface area (TPSA) is 46.3 Å². The van der Waals surface area contributed by atoms with Gasteiger partial charge in [0.15, 0.2) is 0 Å². The number of hydrogen-bond acceptors (Lipinski definition) is 2. The quantitative estimate of drug-likeness (QED) is 0.904. The average Bonchev–Trinajstić information content (AvgIpc) is 2.96. The Morgan fingerprint density at radius 2 is 1.68 bits per heavy atom. The highest BCUT2D eigenvalue weighted by atomic mass is 35.5. The van der Waals surface area contributed by atoms with Gasteiger partial charge in [0.2, 0.25) is 5.91 Å². The first-order valence-electron chi connectivity index (χ1n) is 8.69. The predicted molar refractivity (Wildman–Crippen MR) is 105 cm³/mol. The number of amides is 1. The lowest BCUT2D eigenvalue weighted by Crippen LogP contribution is -2.52. The number of hydrogen-bond donors (Lipinski definition) is 1. The number of carbonyl (C=O) groups is 1. The van der Waals surface area contributed by atoms with Gasteiger partial charge in [-0.05, 0) is 43.7 Å². The van der Waals surface area contributed by atoms with E-state index in [2.05, 4.69) is 31.2 Å². The van der Waals surface area contributed by atoms with Crippen molar-refractivity contribution in [2.75, 3.05) is 6.54 Å². The molecule has 0 aliphatic carbocycles. The van der Waals surface area contributed by atoms with Crippen molar-refractivity contribution in [1.29, 1.82) is 0 Å². The van der Waals surface area contributed by atoms with Crippen LogP contribution in [0.25, 0.3) is 0 Å². The number of nitrogens with two attached hydrogens (primary N) is 1. The van der Waals surface area contributed by atoms with Crippen LogP contribution in [0.3, 0.4) is 0 Å². The van der Waals surface area contributed by atoms with E-state index in [9.17, 15) is 4.79 Å². The fraction of sp³-hybridized carbons (Fsp3) is 0.381. The molecule has 2 N–H and O–H groups in total. The van der Waals surface area contributed by atoms with Crippen molar-refractivity contribution in [2.45, 2.75) is 38.3 Å². The van der Waals surface area contributed by atoms with Crippen molar-refractivity contribution >= 4 is 18.3 Å². The molecule has 1 aliphatic rings. The second kappa shape index (κ2) is 8.03. The number of carbonyl (C=O) groups excluding carboxylic acids is 1. The molecule has 3 atom stereocenters. The lowest BCUT2D eigenvalue weighted by molar-refractivity contribution is -0.137. The summed E-state index contributed by atoms with van der Waals surface area (Å²) in [6.45, 7) is 4.76. The zero-order valence-electron chi connectivity index (χ0n) is 14.9. The van der Waals surface area contributed by atoms with Gasteiger partial charge < -0.3 is 10.6 Å². The molecule has 2 aromatic rings. The van der Waals surface area contributed by atoms with Crippen molar-refractivity contribution in [3.8, 4) is 0 Å². The maximum atomic E-state index is 13.1. The molecule has 0 bridgehead atoms. The molecule has 3 unspecified atom stereocenters. The first-order valence-corrected chi connectivity index (χ1v) is 8.69. The minimum absolute atomic E-state index is 0. The lowest BCUT2D eigenvalue weighted by Gasteiger charge is -2.33. The second-order valence-electron chi connectivity index (χ2n) is 7.05. The van der Waals surface area contributed by atoms with Crippen LogP contribution in [0.4, 0.5) is 0 Å². The number of nitrogens with zero attached hydrogens (tertiary/aromatic N) is 1. The van der Waals surface area contributed by atoms with E-state index in [1.54, 1.807) is 0 Å². The number of halogens is 1. The third kappa shape index (κ3) is 4.05. The fourth-order valence-corrected chi connectivity index (χ4v) is 3.69. The van der Waals surface area contributed by atoms with Crippen LogP contribution in [0.1, 0.15) is 31.4 Å². The van der Waals surface area contributed by atoms with Crippen LogP contribution in [0.5, 0.6) is 0 Å². The van der Waals surface area contributed by atoms with E-state index in [4.69, 9.17) is 5.73 Å². The maximum Gasteiger partial charge on any atom is 0.247 e. The summed E-state index contributed by atoms with van der Waals surface area (Å²) < 4.78 is 0. The van der Waals surface area contributed by atoms with Crippen LogP contribution in [0.2, 0.25) is 0 Å². The first-order chi connectivity index (χ1) is 11.5. The summed E-state index contributed by atoms with van der Waals surface area (Å²) in [6, 6.07) is 20.4. The molecule has 134 valence electrons. The molecule has 3 rings (SSSR count). The Bertz CT molecular complexity index is 688. The van der Waals surface area contributed by atoms with Gasteiger partial charge >= 0.3 is 0 Å². The molecule has 1 fully saturated rings. The Hall–Kier alpha value is -1.84. The van der Waals surface area contributed by atoms with Gasteiger partial charge in [0, 0.05) is 12.6 Å². The Kier molecular flexibility index (Phi) is 6.26. The van der Waals surface area contributed by atoms with Gasteiger partial charge in [-0.15, -0.1) is 12.4 Å². The molecule has 1 amide bonds. The van der Waals surface area contributed by atoms with Gasteiger partial charge in [-0.2, -0.15) is 0 Å². The summed E-state index contributed by atoms with van der Waals surface area (Å²) in [5, 5.41) is 0. The van der Waals surface area contributed by atoms with E-state index in [1.807, 2.05) is 48.2 Å². The zero-order valence-corrected chi connectivity index (χ0v) is 15.7. The van der Waals surface area contributed by atoms with Crippen LogP contribution in [0.15, 0.2) is 60.7 Å². The van der Waals surface area contributed by atoms with Gasteiger partial charge in [0.1, 0.15) is 5.54 Å². The minimum atomic E-state index is -0.975. The molecule has 0 radical (unpaired) electrons. The van der Waals surface area contributed by atoms with Crippen molar-refractivity contribution in [1.82, 2.24) is 4.90 Å². The van der Waals surface area contributed by atoms with E-state index < -0.39 is 5.54 Å². The summed E-state index contributed by atoms with van der Waals surface area (Å²) >= 11 is 0. The second-order valence-corrected chi connectivity index (χ2v) is 7.05. The number of rotatable bonds is 4. The molecule has 2 aromatic carbocycles. The Morgan fingerprint density at radius 3 is 2.28 bits per heavy atom. The summed E-state index contributed by atoms with van der Waals surface area (Å²) in [4.78, 5) is 15.0. The highest BCUT2D eigenvalue weighted by Gasteiger charge is 2.41. The van der Waals surface area contributed by atoms with Gasteiger partial charge in [-0.25, -0.2) is 0 Å². The molecule has 0 saturated carbocycles. The van der Waals surface area contributed by atoms with E-state index in [-0.39, 0.29) is 24.4 Å². The maximum absolute atomic E-state index is 13.1. The van der Waals surface area contributed by atoms with Crippen molar-refractivity contribution in [3.05, 3.63) is 71.8 Å². The minimum Gasteiger partial charge on any atom is -0.338 e. The highest BCUT2D eigenvalue weighted by molar-refractivity contribution is 5.87. The largest absolute Gasteiger partial charge is 0.338 e. The molecule has 1 aliphatic heterocycles. The van der Waals surface area contributed by atoms with E-state index in [1.165, 1.54) is 5.56 Å². The molecular formula is C21H27ClN2O. The normalized spacial score (nSPS) is 22.1. The predicted octanol–water partition coefficient (Wildman–Crippen LogP) is 3.76. The lowest BCUT2D eigenvalue weighted by atomic mass is 9.90. The monoisotopic (exact) mass is 358 g/mol. The summed E-state index contributed by atoms with van der Waals surface area (Å²) in [7, 11) is 0. The third-order valence-corrected chi connectivity index (χ3v) is 5.33. The Labute approximate surface area is 156 Å². The molecule has 25 heavy (non-hydrogen) atoms. The Morgan fingerprint density at radius 1 is 1.12 bits per heavy atom. The molecule has 1 saturated heterocycles. The standard InChI is InChI=1S/C21H26N2O.ClH/c1-16-18(15-17-9-5-3-6-10-17)13-14-23(16)20(24)21(2,22)19-11-7-4-8-12-19;/h3-12,16,18H,13-15,22H2,1-2H3;1H. The van der Waals surface area contributed by atoms with Gasteiger partial charge in [0.25, 0.3) is 0 Å². The SMILES string of the molecule is CC1C(Cc2ccccc2)CCN1C(=O)C(C)(N)c1ccccc1.Cl. The zero-order chi connectivity index (χ0) is 17.2. The molecule has 0 aromatic heterocycles. The van der Waals surface area contributed by atoms with E-state index >= 15 is 0 Å². The summed E-state index contributed by atoms with van der Waals surface area (Å²) in [6.07, 6.45) is 2.05. The summed E-state index contributed by atoms with van der Waals surface area (Å²) in [5.74, 6) is 0.514. The van der Waals surface area contributed by atoms with Gasteiger partial charge in [-0.3, -0.25) is 4.79 Å². The number of benzene rings is 2. The average molecular weight is 359 g/mol. The van der Waals surface area contributed by atoms with Crippen LogP contribution in [-0.4, -0.2) is 23.4 Å². The molecule has 3 nitrogen and oxygen atoms in total. The third-order valence-electron chi connectivity index (χ3n) is 5.33. The van der Waals surface area contributed by atoms with Gasteiger partial charge in [-0.1, -0.05) is 60.7 Å². The molecule has 0 spiro atoms. The molecule has 1 heterocycles. The first kappa shape index (κ1) is 19.5. The van der Waals surface area contributed by atoms with Crippen LogP contribution >= 0.6 is 12.4 Å². The van der Waals surface area contributed by atoms with Crippen molar-refractivity contribution in [2.24, 2.45) is 11.7 Å². The number of likely N-dealkylation sites (tertiary alicyclic amines) is 1. The van der Waals surface area contributed by atoms with Crippen LogP contribution in [0, 0.1) is 5.92 Å². The fourth-order valence-electron chi connectivity index (χ4n) is 3.69. The van der Waals surface area contributed by atoms with E-state index in [0.29, 0.717) is 5.92 Å². The van der Waals surface area contributed by atoms with Crippen molar-refractivity contribution in [3.63, 3.8) is 0 Å². The van der Waals surface area contributed by atoms with E-state index in [0.717, 1.165) is 24.9 Å². The Balaban J connectivity index is 0.00000225. The van der Waals surface area contributed by atoms with Crippen molar-refractivity contribution < 1.29 is 4.79 Å². The van der Waals surface area contributed by atoms with Crippen LogP contribution < -0.4 is 5.73 Å². The molecular weight excluding hydrogens is 332 g/mol. The van der Waals surface area contributed by atoms with Crippen LogP contribution in [-0.2, 0) is 16.8 Å². The molecule has 4 heteroatoms. The highest BCUT2D eigenvalue weighted by Crippen LogP contribution is 2.31. The van der Waals surface area contributed by atoms with Gasteiger partial charge in [0.05, 0.1) is 0 Å². The summed E-state index contributed by atoms with van der Waals surface area (Å²) in [5.41, 5.74) is 7.66.